The third-order valence-electron chi connectivity index (χ3n) is 4.72. The Morgan fingerprint density at radius 1 is 1.35 bits per heavy atom. The van der Waals surface area contributed by atoms with E-state index in [1.807, 2.05) is 4.90 Å². The molecule has 4 nitrogen and oxygen atoms in total. The van der Waals surface area contributed by atoms with Crippen molar-refractivity contribution in [2.75, 3.05) is 19.8 Å². The van der Waals surface area contributed by atoms with Crippen LogP contribution in [0.1, 0.15) is 25.7 Å². The Labute approximate surface area is 123 Å². The minimum Gasteiger partial charge on any atom is -0.450 e. The highest BCUT2D eigenvalue weighted by Gasteiger charge is 2.42. The predicted octanol–water partition coefficient (Wildman–Crippen LogP) is 2.94. The van der Waals surface area contributed by atoms with E-state index in [-0.39, 0.29) is 18.7 Å². The van der Waals surface area contributed by atoms with Gasteiger partial charge in [0.15, 0.2) is 0 Å². The van der Waals surface area contributed by atoms with Gasteiger partial charge in [0.1, 0.15) is 0 Å². The molecule has 0 radical (unpaired) electrons. The maximum atomic E-state index is 12.3. The van der Waals surface area contributed by atoms with Gasteiger partial charge in [0.25, 0.3) is 0 Å². The highest BCUT2D eigenvalue weighted by molar-refractivity contribution is 6.76. The van der Waals surface area contributed by atoms with Crippen LogP contribution in [0.15, 0.2) is 0 Å². The number of rotatable bonds is 5. The lowest BCUT2D eigenvalue weighted by molar-refractivity contribution is 0.0453. The van der Waals surface area contributed by atoms with Crippen LogP contribution in [0, 0.1) is 11.8 Å². The van der Waals surface area contributed by atoms with Gasteiger partial charge in [-0.3, -0.25) is 0 Å². The van der Waals surface area contributed by atoms with Crippen LogP contribution in [0.4, 0.5) is 4.79 Å². The molecule has 0 aromatic heterocycles. The zero-order valence-corrected chi connectivity index (χ0v) is 14.1. The number of aliphatic hydroxyl groups excluding tert-OH is 1. The van der Waals surface area contributed by atoms with E-state index in [1.165, 1.54) is 19.3 Å². The van der Waals surface area contributed by atoms with Crippen LogP contribution in [0.5, 0.6) is 0 Å². The van der Waals surface area contributed by atoms with Gasteiger partial charge in [0, 0.05) is 27.3 Å². The van der Waals surface area contributed by atoms with Crippen molar-refractivity contribution in [1.82, 2.24) is 4.90 Å². The molecule has 1 saturated heterocycles. The quantitative estimate of drug-likeness (QED) is 0.794. The van der Waals surface area contributed by atoms with Gasteiger partial charge in [-0.15, -0.1) is 0 Å². The molecule has 1 aliphatic heterocycles. The Hall–Kier alpha value is -0.553. The molecule has 1 N–H and O–H groups in total. The average Bonchev–Trinajstić information content (AvgIpc) is 2.74. The number of hydrogen-bond donors (Lipinski definition) is 1. The first-order valence-electron chi connectivity index (χ1n) is 7.95. The number of hydrogen-bond acceptors (Lipinski definition) is 3. The van der Waals surface area contributed by atoms with Crippen LogP contribution in [0.25, 0.3) is 0 Å². The van der Waals surface area contributed by atoms with Crippen LogP contribution < -0.4 is 0 Å². The topological polar surface area (TPSA) is 49.8 Å². The second-order valence-electron chi connectivity index (χ2n) is 7.60. The van der Waals surface area contributed by atoms with Crippen LogP contribution in [0.3, 0.4) is 0 Å². The molecule has 0 spiro atoms. The molecule has 5 heteroatoms. The molecule has 0 aromatic rings. The van der Waals surface area contributed by atoms with Crippen molar-refractivity contribution in [1.29, 1.82) is 0 Å². The fourth-order valence-electron chi connectivity index (χ4n) is 3.56. The first-order chi connectivity index (χ1) is 9.40. The first-order valence-corrected chi connectivity index (χ1v) is 11.7. The van der Waals surface area contributed by atoms with E-state index in [4.69, 9.17) is 4.74 Å². The van der Waals surface area contributed by atoms with Crippen molar-refractivity contribution in [2.45, 2.75) is 57.4 Å². The number of amides is 1. The third kappa shape index (κ3) is 3.98. The largest absolute Gasteiger partial charge is 0.450 e. The molecule has 20 heavy (non-hydrogen) atoms. The van der Waals surface area contributed by atoms with Crippen LogP contribution in [0.2, 0.25) is 25.7 Å². The molecule has 116 valence electrons. The second-order valence-corrected chi connectivity index (χ2v) is 13.2. The number of aliphatic hydroxyl groups is 1. The van der Waals surface area contributed by atoms with Gasteiger partial charge in [0.2, 0.25) is 0 Å². The fourth-order valence-corrected chi connectivity index (χ4v) is 4.27. The summed E-state index contributed by atoms with van der Waals surface area (Å²) in [6, 6.07) is 1.21. The summed E-state index contributed by atoms with van der Waals surface area (Å²) >= 11 is 0. The highest BCUT2D eigenvalue weighted by atomic mass is 28.3. The lowest BCUT2D eigenvalue weighted by atomic mass is 9.89. The van der Waals surface area contributed by atoms with Crippen molar-refractivity contribution in [3.8, 4) is 0 Å². The molecule has 2 bridgehead atoms. The van der Waals surface area contributed by atoms with E-state index in [1.54, 1.807) is 0 Å². The molecule has 2 aliphatic rings. The van der Waals surface area contributed by atoms with Crippen LogP contribution in [-0.2, 0) is 4.74 Å². The number of fused-ring (bicyclic) bond motifs is 2. The van der Waals surface area contributed by atoms with Crippen molar-refractivity contribution >= 4 is 14.2 Å². The minimum absolute atomic E-state index is 0.154. The van der Waals surface area contributed by atoms with E-state index in [0.29, 0.717) is 24.9 Å². The average molecular weight is 299 g/mol. The zero-order valence-electron chi connectivity index (χ0n) is 13.1. The normalized spacial score (nSPS) is 29.6. The summed E-state index contributed by atoms with van der Waals surface area (Å²) in [4.78, 5) is 14.2. The van der Waals surface area contributed by atoms with E-state index in [9.17, 15) is 9.90 Å². The number of carbonyl (C=O) groups excluding carboxylic acids is 1. The molecular formula is C15H29NO3Si. The molecule has 0 aromatic carbocycles. The minimum atomic E-state index is -1.16. The second kappa shape index (κ2) is 6.48. The lowest BCUT2D eigenvalue weighted by Gasteiger charge is -2.39. The van der Waals surface area contributed by atoms with E-state index in [2.05, 4.69) is 19.6 Å². The monoisotopic (exact) mass is 299 g/mol. The number of nitrogens with zero attached hydrogens (tertiary/aromatic N) is 1. The van der Waals surface area contributed by atoms with Crippen molar-refractivity contribution in [3.63, 3.8) is 0 Å². The SMILES string of the molecule is C[Si](C)(C)CCOC(=O)N1C[C@H]2CC[C@H](C2)[C@H]1CCO. The maximum absolute atomic E-state index is 12.3. The van der Waals surface area contributed by atoms with Gasteiger partial charge in [-0.1, -0.05) is 19.6 Å². The van der Waals surface area contributed by atoms with Gasteiger partial charge in [-0.2, -0.15) is 0 Å². The van der Waals surface area contributed by atoms with Gasteiger partial charge in [-0.05, 0) is 43.6 Å². The number of likely N-dealkylation sites (tertiary alicyclic amines) is 1. The smallest absolute Gasteiger partial charge is 0.410 e. The molecule has 2 fully saturated rings. The molecule has 3 atom stereocenters. The molecule has 1 heterocycles. The summed E-state index contributed by atoms with van der Waals surface area (Å²) in [7, 11) is -1.16. The molecule has 1 saturated carbocycles. The molecule has 2 rings (SSSR count). The fraction of sp³-hybridized carbons (Fsp3) is 0.933. The Bertz CT molecular complexity index is 343. The Kier molecular flexibility index (Phi) is 5.12. The third-order valence-corrected chi connectivity index (χ3v) is 6.42. The van der Waals surface area contributed by atoms with E-state index in [0.717, 1.165) is 12.6 Å². The van der Waals surface area contributed by atoms with Crippen LogP contribution in [-0.4, -0.2) is 50.0 Å². The summed E-state index contributed by atoms with van der Waals surface area (Å²) in [5, 5.41) is 9.25. The number of piperidine rings is 1. The number of ether oxygens (including phenoxy) is 1. The van der Waals surface area contributed by atoms with Gasteiger partial charge in [0.05, 0.1) is 6.61 Å². The number of carbonyl (C=O) groups is 1. The van der Waals surface area contributed by atoms with E-state index >= 15 is 0 Å². The summed E-state index contributed by atoms with van der Waals surface area (Å²) in [5.41, 5.74) is 0. The van der Waals surface area contributed by atoms with Gasteiger partial charge < -0.3 is 14.7 Å². The standard InChI is InChI=1S/C15H29NO3Si/c1-20(2,3)9-8-19-15(18)16-11-12-4-5-13(10-12)14(16)6-7-17/h12-14,17H,4-11H2,1-3H3/t12-,13+,14+/m0/s1. The molecule has 1 amide bonds. The summed E-state index contributed by atoms with van der Waals surface area (Å²) < 4.78 is 5.50. The van der Waals surface area contributed by atoms with E-state index < -0.39 is 8.07 Å². The summed E-state index contributed by atoms with van der Waals surface area (Å²) in [6.07, 6.45) is 4.20. The van der Waals surface area contributed by atoms with Gasteiger partial charge in [-0.25, -0.2) is 4.79 Å². The maximum Gasteiger partial charge on any atom is 0.410 e. The molecule has 1 aliphatic carbocycles. The van der Waals surface area contributed by atoms with Crippen molar-refractivity contribution in [2.24, 2.45) is 11.8 Å². The highest BCUT2D eigenvalue weighted by Crippen LogP contribution is 2.41. The Morgan fingerprint density at radius 3 is 2.75 bits per heavy atom. The zero-order chi connectivity index (χ0) is 14.8. The Morgan fingerprint density at radius 2 is 2.10 bits per heavy atom. The van der Waals surface area contributed by atoms with Crippen molar-refractivity contribution in [3.05, 3.63) is 0 Å². The predicted molar refractivity (Wildman–Crippen MR) is 82.5 cm³/mol. The molecular weight excluding hydrogens is 270 g/mol. The van der Waals surface area contributed by atoms with Gasteiger partial charge >= 0.3 is 6.09 Å². The first kappa shape index (κ1) is 15.8. The summed E-state index contributed by atoms with van der Waals surface area (Å²) in [5.74, 6) is 1.23. The summed E-state index contributed by atoms with van der Waals surface area (Å²) in [6.45, 7) is 8.40. The lowest BCUT2D eigenvalue weighted by Crippen LogP contribution is -2.49. The van der Waals surface area contributed by atoms with Crippen molar-refractivity contribution < 1.29 is 14.6 Å². The van der Waals surface area contributed by atoms with Crippen LogP contribution >= 0.6 is 0 Å². The molecule has 0 unspecified atom stereocenters. The Balaban J connectivity index is 1.89.